The molecular formula is C14H12BrNO2. The van der Waals surface area contributed by atoms with E-state index in [1.807, 2.05) is 12.1 Å². The maximum Gasteiger partial charge on any atom is 0.255 e. The molecule has 0 radical (unpaired) electrons. The normalized spacial score (nSPS) is 10.1. The first-order chi connectivity index (χ1) is 8.69. The number of anilines is 1. The van der Waals surface area contributed by atoms with Crippen LogP contribution >= 0.6 is 15.9 Å². The standard InChI is InChI=1S/C14H12BrNO2/c15-12-6-4-11(5-7-12)14(18)16-13-3-1-2-10(8-13)9-17/h1-8,17H,9H2,(H,16,18). The number of amides is 1. The van der Waals surface area contributed by atoms with Crippen molar-refractivity contribution >= 4 is 27.5 Å². The summed E-state index contributed by atoms with van der Waals surface area (Å²) in [7, 11) is 0. The Labute approximate surface area is 114 Å². The van der Waals surface area contributed by atoms with E-state index in [9.17, 15) is 4.79 Å². The van der Waals surface area contributed by atoms with Gasteiger partial charge in [0, 0.05) is 15.7 Å². The molecule has 2 aromatic rings. The topological polar surface area (TPSA) is 49.3 Å². The SMILES string of the molecule is O=C(Nc1cccc(CO)c1)c1ccc(Br)cc1. The van der Waals surface area contributed by atoms with E-state index in [1.54, 1.807) is 36.4 Å². The highest BCUT2D eigenvalue weighted by atomic mass is 79.9. The van der Waals surface area contributed by atoms with Gasteiger partial charge in [-0.3, -0.25) is 4.79 Å². The third-order valence-electron chi connectivity index (χ3n) is 2.47. The van der Waals surface area contributed by atoms with Crippen molar-refractivity contribution in [3.05, 3.63) is 64.1 Å². The largest absolute Gasteiger partial charge is 0.392 e. The lowest BCUT2D eigenvalue weighted by molar-refractivity contribution is 0.102. The zero-order chi connectivity index (χ0) is 13.0. The van der Waals surface area contributed by atoms with Gasteiger partial charge in [-0.15, -0.1) is 0 Å². The fourth-order valence-electron chi connectivity index (χ4n) is 1.55. The first-order valence-corrected chi connectivity index (χ1v) is 6.25. The van der Waals surface area contributed by atoms with Crippen molar-refractivity contribution in [3.8, 4) is 0 Å². The van der Waals surface area contributed by atoms with Gasteiger partial charge in [0.25, 0.3) is 5.91 Å². The van der Waals surface area contributed by atoms with E-state index in [4.69, 9.17) is 5.11 Å². The molecule has 0 heterocycles. The van der Waals surface area contributed by atoms with Gasteiger partial charge in [-0.1, -0.05) is 28.1 Å². The third kappa shape index (κ3) is 3.18. The molecular weight excluding hydrogens is 294 g/mol. The lowest BCUT2D eigenvalue weighted by atomic mass is 10.2. The zero-order valence-corrected chi connectivity index (χ0v) is 11.1. The number of aliphatic hydroxyl groups excluding tert-OH is 1. The number of aliphatic hydroxyl groups is 1. The number of hydrogen-bond donors (Lipinski definition) is 2. The summed E-state index contributed by atoms with van der Waals surface area (Å²) >= 11 is 3.32. The maximum absolute atomic E-state index is 11.9. The van der Waals surface area contributed by atoms with Gasteiger partial charge in [0.15, 0.2) is 0 Å². The molecule has 0 fully saturated rings. The van der Waals surface area contributed by atoms with Crippen LogP contribution in [0, 0.1) is 0 Å². The van der Waals surface area contributed by atoms with Crippen LogP contribution in [0.3, 0.4) is 0 Å². The van der Waals surface area contributed by atoms with Crippen LogP contribution in [0.15, 0.2) is 53.0 Å². The molecule has 2 aromatic carbocycles. The van der Waals surface area contributed by atoms with Crippen molar-refractivity contribution in [1.82, 2.24) is 0 Å². The van der Waals surface area contributed by atoms with Gasteiger partial charge in [-0.25, -0.2) is 0 Å². The van der Waals surface area contributed by atoms with Crippen molar-refractivity contribution in [2.24, 2.45) is 0 Å². The number of benzene rings is 2. The van der Waals surface area contributed by atoms with Gasteiger partial charge < -0.3 is 10.4 Å². The highest BCUT2D eigenvalue weighted by Crippen LogP contribution is 2.14. The minimum absolute atomic E-state index is 0.0397. The molecule has 0 saturated carbocycles. The van der Waals surface area contributed by atoms with Gasteiger partial charge in [0.05, 0.1) is 6.61 Å². The van der Waals surface area contributed by atoms with E-state index in [2.05, 4.69) is 21.2 Å². The highest BCUT2D eigenvalue weighted by Gasteiger charge is 2.05. The Bertz CT molecular complexity index is 552. The quantitative estimate of drug-likeness (QED) is 0.915. The van der Waals surface area contributed by atoms with Crippen LogP contribution in [-0.4, -0.2) is 11.0 Å². The second-order valence-corrected chi connectivity index (χ2v) is 4.74. The Morgan fingerprint density at radius 3 is 2.56 bits per heavy atom. The van der Waals surface area contributed by atoms with E-state index < -0.39 is 0 Å². The van der Waals surface area contributed by atoms with Gasteiger partial charge in [-0.2, -0.15) is 0 Å². The molecule has 0 unspecified atom stereocenters. The number of rotatable bonds is 3. The van der Waals surface area contributed by atoms with Crippen LogP contribution in [0.1, 0.15) is 15.9 Å². The molecule has 92 valence electrons. The summed E-state index contributed by atoms with van der Waals surface area (Å²) in [5, 5.41) is 11.8. The molecule has 0 aliphatic carbocycles. The van der Waals surface area contributed by atoms with E-state index in [1.165, 1.54) is 0 Å². The van der Waals surface area contributed by atoms with Gasteiger partial charge in [-0.05, 0) is 42.0 Å². The molecule has 0 saturated heterocycles. The molecule has 0 spiro atoms. The fraction of sp³-hybridized carbons (Fsp3) is 0.0714. The van der Waals surface area contributed by atoms with Crippen LogP contribution < -0.4 is 5.32 Å². The van der Waals surface area contributed by atoms with Crippen LogP contribution in [0.5, 0.6) is 0 Å². The van der Waals surface area contributed by atoms with Crippen LogP contribution in [0.2, 0.25) is 0 Å². The molecule has 0 bridgehead atoms. The number of hydrogen-bond acceptors (Lipinski definition) is 2. The fourth-order valence-corrected chi connectivity index (χ4v) is 1.82. The first kappa shape index (κ1) is 12.8. The summed E-state index contributed by atoms with van der Waals surface area (Å²) in [5.41, 5.74) is 2.03. The maximum atomic E-state index is 11.9. The molecule has 0 atom stereocenters. The van der Waals surface area contributed by atoms with Crippen molar-refractivity contribution in [2.45, 2.75) is 6.61 Å². The van der Waals surface area contributed by atoms with Crippen LogP contribution in [0.25, 0.3) is 0 Å². The van der Waals surface area contributed by atoms with Crippen LogP contribution in [0.4, 0.5) is 5.69 Å². The number of nitrogens with one attached hydrogen (secondary N) is 1. The molecule has 2 rings (SSSR count). The van der Waals surface area contributed by atoms with E-state index in [0.29, 0.717) is 11.3 Å². The molecule has 0 aromatic heterocycles. The molecule has 0 aliphatic heterocycles. The summed E-state index contributed by atoms with van der Waals surface area (Å²) in [4.78, 5) is 11.9. The van der Waals surface area contributed by atoms with Crippen molar-refractivity contribution in [1.29, 1.82) is 0 Å². The molecule has 0 aliphatic rings. The van der Waals surface area contributed by atoms with Gasteiger partial charge in [0.1, 0.15) is 0 Å². The average Bonchev–Trinajstić information content (AvgIpc) is 2.39. The lowest BCUT2D eigenvalue weighted by Gasteiger charge is -2.06. The van der Waals surface area contributed by atoms with Gasteiger partial charge >= 0.3 is 0 Å². The second-order valence-electron chi connectivity index (χ2n) is 3.82. The number of carbonyl (C=O) groups is 1. The second kappa shape index (κ2) is 5.80. The Morgan fingerprint density at radius 1 is 1.17 bits per heavy atom. The van der Waals surface area contributed by atoms with E-state index >= 15 is 0 Å². The van der Waals surface area contributed by atoms with Crippen molar-refractivity contribution in [2.75, 3.05) is 5.32 Å². The van der Waals surface area contributed by atoms with Crippen molar-refractivity contribution < 1.29 is 9.90 Å². The van der Waals surface area contributed by atoms with E-state index in [-0.39, 0.29) is 12.5 Å². The number of carbonyl (C=O) groups excluding carboxylic acids is 1. The summed E-state index contributed by atoms with van der Waals surface area (Å²) < 4.78 is 0.932. The average molecular weight is 306 g/mol. The Balaban J connectivity index is 2.13. The Hall–Kier alpha value is -1.65. The third-order valence-corrected chi connectivity index (χ3v) is 3.00. The van der Waals surface area contributed by atoms with Crippen molar-refractivity contribution in [3.63, 3.8) is 0 Å². The smallest absolute Gasteiger partial charge is 0.255 e. The minimum atomic E-state index is -0.169. The van der Waals surface area contributed by atoms with Crippen LogP contribution in [-0.2, 0) is 6.61 Å². The van der Waals surface area contributed by atoms with E-state index in [0.717, 1.165) is 10.0 Å². The predicted molar refractivity (Wildman–Crippen MR) is 74.5 cm³/mol. The summed E-state index contributed by atoms with van der Waals surface area (Å²) in [6.45, 7) is -0.0397. The first-order valence-electron chi connectivity index (χ1n) is 5.46. The monoisotopic (exact) mass is 305 g/mol. The summed E-state index contributed by atoms with van der Waals surface area (Å²) in [6, 6.07) is 14.3. The van der Waals surface area contributed by atoms with Gasteiger partial charge in [0.2, 0.25) is 0 Å². The minimum Gasteiger partial charge on any atom is -0.392 e. The molecule has 3 nitrogen and oxygen atoms in total. The molecule has 1 amide bonds. The Morgan fingerprint density at radius 2 is 1.89 bits per heavy atom. The lowest BCUT2D eigenvalue weighted by Crippen LogP contribution is -2.11. The molecule has 4 heteroatoms. The zero-order valence-electron chi connectivity index (χ0n) is 9.56. The summed E-state index contributed by atoms with van der Waals surface area (Å²) in [6.07, 6.45) is 0. The Kier molecular flexibility index (Phi) is 4.12. The summed E-state index contributed by atoms with van der Waals surface area (Å²) in [5.74, 6) is -0.169. The molecule has 2 N–H and O–H groups in total. The predicted octanol–water partition coefficient (Wildman–Crippen LogP) is 3.19. The number of halogens is 1. The molecule has 18 heavy (non-hydrogen) atoms. The highest BCUT2D eigenvalue weighted by molar-refractivity contribution is 9.10.